The number of carbonyl (C=O) groups is 1. The Bertz CT molecular complexity index is 2080. The summed E-state index contributed by atoms with van der Waals surface area (Å²) in [6.45, 7) is 17.7. The van der Waals surface area contributed by atoms with Crippen LogP contribution < -0.4 is 19.3 Å². The minimum absolute atomic E-state index is 0.0996. The molecule has 0 spiro atoms. The number of anilines is 2. The number of piperazine rings is 2. The van der Waals surface area contributed by atoms with Crippen LogP contribution in [-0.2, 0) is 31.0 Å². The molecule has 0 aliphatic carbocycles. The molecule has 0 radical (unpaired) electrons. The van der Waals surface area contributed by atoms with Crippen molar-refractivity contribution in [1.82, 2.24) is 34.8 Å². The number of aromatic amines is 1. The highest BCUT2D eigenvalue weighted by molar-refractivity contribution is 5.78. The van der Waals surface area contributed by atoms with Gasteiger partial charge in [-0.25, -0.2) is 9.37 Å². The molecule has 1 N–H and O–H groups in total. The Kier molecular flexibility index (Phi) is 15.0. The number of para-hydroxylation sites is 2. The minimum atomic E-state index is -4.49. The number of H-pyrrole nitrogens is 1. The van der Waals surface area contributed by atoms with Gasteiger partial charge in [-0.15, -0.1) is 0 Å². The van der Waals surface area contributed by atoms with Gasteiger partial charge in [-0.2, -0.15) is 18.3 Å². The number of ether oxygens (including phenoxy) is 2. The second kappa shape index (κ2) is 20.7. The van der Waals surface area contributed by atoms with Gasteiger partial charge in [0.05, 0.1) is 54.7 Å². The normalized spacial score (nSPS) is 18.1. The third-order valence-electron chi connectivity index (χ3n) is 11.5. The van der Waals surface area contributed by atoms with Crippen LogP contribution in [0.1, 0.15) is 69.0 Å². The highest BCUT2D eigenvalue weighted by Gasteiger charge is 2.30. The van der Waals surface area contributed by atoms with Crippen LogP contribution in [-0.4, -0.2) is 125 Å². The van der Waals surface area contributed by atoms with Gasteiger partial charge < -0.3 is 33.5 Å². The Morgan fingerprint density at radius 2 is 1.48 bits per heavy atom. The van der Waals surface area contributed by atoms with Gasteiger partial charge in [0.25, 0.3) is 0 Å². The largest absolute Gasteiger partial charge is 0.489 e. The first kappa shape index (κ1) is 44.8. The van der Waals surface area contributed by atoms with Crippen LogP contribution in [0.25, 0.3) is 0 Å². The zero-order chi connectivity index (χ0) is 43.6. The average Bonchev–Trinajstić information content (AvgIpc) is 4.00. The third kappa shape index (κ3) is 12.6. The zero-order valence-corrected chi connectivity index (χ0v) is 35.8. The molecule has 4 aliphatic heterocycles. The fourth-order valence-electron chi connectivity index (χ4n) is 8.28. The molecule has 0 bridgehead atoms. The van der Waals surface area contributed by atoms with E-state index in [2.05, 4.69) is 79.5 Å². The quantitative estimate of drug-likeness (QED) is 0.130. The summed E-state index contributed by atoms with van der Waals surface area (Å²) in [5.74, 6) is 1.92. The minimum Gasteiger partial charge on any atom is -0.489 e. The highest BCUT2D eigenvalue weighted by Crippen LogP contribution is 2.33. The molecule has 4 saturated heterocycles. The topological polar surface area (TPSA) is 110 Å². The van der Waals surface area contributed by atoms with E-state index in [1.165, 1.54) is 24.2 Å². The number of nitrogens with one attached hydrogen (secondary N) is 1. The summed E-state index contributed by atoms with van der Waals surface area (Å²) < 4.78 is 68.1. The van der Waals surface area contributed by atoms with Gasteiger partial charge in [-0.3, -0.25) is 19.7 Å². The first-order chi connectivity index (χ1) is 29.8. The van der Waals surface area contributed by atoms with Crippen molar-refractivity contribution in [3.63, 3.8) is 0 Å². The van der Waals surface area contributed by atoms with Crippen molar-refractivity contribution in [3.05, 3.63) is 95.9 Å². The second-order valence-corrected chi connectivity index (χ2v) is 16.6. The Morgan fingerprint density at radius 3 is 2.16 bits per heavy atom. The number of alkyl halides is 3. The monoisotopic (exact) mass is 865 g/mol. The summed E-state index contributed by atoms with van der Waals surface area (Å²) in [7, 11) is 0. The van der Waals surface area contributed by atoms with E-state index in [1.807, 2.05) is 15.9 Å². The summed E-state index contributed by atoms with van der Waals surface area (Å²) in [6.07, 6.45) is 2.43. The highest BCUT2D eigenvalue weighted by atomic mass is 19.4. The van der Waals surface area contributed by atoms with E-state index < -0.39 is 18.6 Å². The van der Waals surface area contributed by atoms with Gasteiger partial charge in [0, 0.05) is 90.2 Å². The lowest BCUT2D eigenvalue weighted by atomic mass is 10.1. The number of likely N-dealkylation sites (tertiary alicyclic amines) is 2. The van der Waals surface area contributed by atoms with Crippen molar-refractivity contribution in [1.29, 1.82) is 0 Å². The molecule has 4 aliphatic rings. The number of hydrogen-bond donors (Lipinski definition) is 1. The number of rotatable bonds is 14. The number of piperidine rings is 1. The Labute approximate surface area is 361 Å². The number of nitrogens with zero attached hydrogens (tertiary/aromatic N) is 8. The molecule has 0 unspecified atom stereocenters. The molecule has 2 aromatic carbocycles. The molecule has 4 aromatic rings. The molecule has 4 fully saturated rings. The lowest BCUT2D eigenvalue weighted by Crippen LogP contribution is -2.46. The lowest BCUT2D eigenvalue weighted by molar-refractivity contribution is -0.153. The SMILES string of the molecule is C=C1CCCCN1Cc1cnc(CN2CCN(c3ccc(F)cc3OCC(F)(F)F)CC2)o1.CC(C)Oc1ccccc1N1CCN(Cc2cc(CN3CCCC3=O)[nH]n2)CC1. The molecule has 6 heterocycles. The van der Waals surface area contributed by atoms with Crippen LogP contribution in [0, 0.1) is 5.82 Å². The van der Waals surface area contributed by atoms with Crippen LogP contribution in [0.3, 0.4) is 0 Å². The maximum Gasteiger partial charge on any atom is 0.422 e. The van der Waals surface area contributed by atoms with E-state index in [1.54, 1.807) is 6.20 Å². The maximum absolute atomic E-state index is 13.6. The summed E-state index contributed by atoms with van der Waals surface area (Å²) in [5, 5.41) is 7.57. The Morgan fingerprint density at radius 1 is 0.790 bits per heavy atom. The van der Waals surface area contributed by atoms with Crippen molar-refractivity contribution >= 4 is 17.3 Å². The summed E-state index contributed by atoms with van der Waals surface area (Å²) in [4.78, 5) is 29.3. The van der Waals surface area contributed by atoms with E-state index in [9.17, 15) is 22.4 Å². The number of hydrogen-bond acceptors (Lipinski definition) is 11. The number of amides is 1. The molecule has 17 heteroatoms. The van der Waals surface area contributed by atoms with E-state index in [0.717, 1.165) is 99.7 Å². The van der Waals surface area contributed by atoms with Gasteiger partial charge in [-0.1, -0.05) is 18.7 Å². The van der Waals surface area contributed by atoms with Crippen molar-refractivity contribution in [2.24, 2.45) is 0 Å². The molecule has 13 nitrogen and oxygen atoms in total. The first-order valence-corrected chi connectivity index (χ1v) is 21.7. The van der Waals surface area contributed by atoms with E-state index >= 15 is 0 Å². The number of halogens is 4. The van der Waals surface area contributed by atoms with E-state index in [0.29, 0.717) is 63.8 Å². The number of benzene rings is 2. The van der Waals surface area contributed by atoms with Gasteiger partial charge in [0.2, 0.25) is 11.8 Å². The molecule has 62 heavy (non-hydrogen) atoms. The predicted molar refractivity (Wildman–Crippen MR) is 228 cm³/mol. The molecule has 1 amide bonds. The smallest absolute Gasteiger partial charge is 0.422 e. The number of allylic oxidation sites excluding steroid dienone is 1. The van der Waals surface area contributed by atoms with Crippen molar-refractivity contribution in [3.8, 4) is 11.5 Å². The first-order valence-electron chi connectivity index (χ1n) is 21.7. The lowest BCUT2D eigenvalue weighted by Gasteiger charge is -2.36. The summed E-state index contributed by atoms with van der Waals surface area (Å²) >= 11 is 0. The van der Waals surface area contributed by atoms with Gasteiger partial charge in [-0.05, 0) is 69.9 Å². The molecule has 336 valence electrons. The van der Waals surface area contributed by atoms with Crippen LogP contribution in [0.4, 0.5) is 28.9 Å². The second-order valence-electron chi connectivity index (χ2n) is 16.6. The number of aromatic nitrogens is 3. The van der Waals surface area contributed by atoms with Gasteiger partial charge in [0.1, 0.15) is 23.1 Å². The number of oxazole rings is 1. The average molecular weight is 866 g/mol. The fraction of sp³-hybridized carbons (Fsp3) is 0.533. The van der Waals surface area contributed by atoms with E-state index in [-0.39, 0.29) is 17.8 Å². The summed E-state index contributed by atoms with van der Waals surface area (Å²) in [5.41, 5.74) is 4.84. The van der Waals surface area contributed by atoms with Gasteiger partial charge in [0.15, 0.2) is 6.61 Å². The van der Waals surface area contributed by atoms with Crippen LogP contribution in [0.5, 0.6) is 11.5 Å². The van der Waals surface area contributed by atoms with Crippen LogP contribution >= 0.6 is 0 Å². The van der Waals surface area contributed by atoms with Gasteiger partial charge >= 0.3 is 6.18 Å². The van der Waals surface area contributed by atoms with Crippen molar-refractivity contribution in [2.75, 3.05) is 81.9 Å². The van der Waals surface area contributed by atoms with E-state index in [4.69, 9.17) is 13.9 Å². The Hall–Kier alpha value is -5.29. The predicted octanol–water partition coefficient (Wildman–Crippen LogP) is 7.22. The zero-order valence-electron chi connectivity index (χ0n) is 35.8. The van der Waals surface area contributed by atoms with Crippen molar-refractivity contribution in [2.45, 2.75) is 84.4 Å². The molecule has 0 saturated carbocycles. The fourth-order valence-corrected chi connectivity index (χ4v) is 8.28. The molecule has 2 aromatic heterocycles. The van der Waals surface area contributed by atoms with Crippen LogP contribution in [0.15, 0.2) is 71.4 Å². The maximum atomic E-state index is 13.6. The molecular weight excluding hydrogens is 807 g/mol. The molecule has 8 rings (SSSR count). The third-order valence-corrected chi connectivity index (χ3v) is 11.5. The molecular formula is C45H59F4N9O4. The standard InChI is InChI=1S/C23H28F4N4O2.C22H31N5O2/c1-17-4-2-3-7-31(17)14-19-13-28-22(33-19)15-29-8-10-30(11-9-29)20-6-5-18(24)12-21(20)32-16-23(25,26)27;1-17(2)29-21-7-4-3-6-20(21)26-12-10-25(11-13-26)15-18-14-19(24-23-18)16-27-9-5-8-22(27)28/h5-6,12-13H,1-4,7-11,14-16H2;3-4,6-7,14,17H,5,8-13,15-16H2,1-2H3,(H,23,24). The van der Waals surface area contributed by atoms with Crippen molar-refractivity contribution < 1.29 is 36.2 Å². The molecule has 0 atom stereocenters. The van der Waals surface area contributed by atoms with Crippen LogP contribution in [0.2, 0.25) is 0 Å². The Balaban J connectivity index is 0.000000188. The summed E-state index contributed by atoms with van der Waals surface area (Å²) in [6, 6.07) is 14.1. The number of carbonyl (C=O) groups excluding carboxylic acids is 1.